The first-order chi connectivity index (χ1) is 14.9. The maximum Gasteiger partial charge on any atom is 0.318 e. The Hall–Kier alpha value is -3.68. The van der Waals surface area contributed by atoms with Crippen molar-refractivity contribution in [2.45, 2.75) is 26.8 Å². The van der Waals surface area contributed by atoms with Gasteiger partial charge in [-0.25, -0.2) is 13.9 Å². The summed E-state index contributed by atoms with van der Waals surface area (Å²) < 4.78 is 14.9. The van der Waals surface area contributed by atoms with Crippen molar-refractivity contribution in [3.63, 3.8) is 0 Å². The first-order valence-corrected chi connectivity index (χ1v) is 10.1. The minimum Gasteiger partial charge on any atom is -0.338 e. The van der Waals surface area contributed by atoms with Gasteiger partial charge in [0.05, 0.1) is 11.4 Å². The maximum absolute atomic E-state index is 13.4. The minimum absolute atomic E-state index is 0.112. The molecule has 3 aromatic rings. The Morgan fingerprint density at radius 2 is 1.77 bits per heavy atom. The van der Waals surface area contributed by atoms with Crippen LogP contribution in [-0.2, 0) is 4.79 Å². The molecule has 0 saturated carbocycles. The predicted octanol–water partition coefficient (Wildman–Crippen LogP) is 4.06. The zero-order valence-corrected chi connectivity index (χ0v) is 17.8. The van der Waals surface area contributed by atoms with Crippen molar-refractivity contribution in [1.82, 2.24) is 20.0 Å². The topological polar surface area (TPSA) is 79.3 Å². The maximum atomic E-state index is 13.4. The lowest BCUT2D eigenvalue weighted by Gasteiger charge is -2.26. The summed E-state index contributed by atoms with van der Waals surface area (Å²) in [6, 6.07) is 16.7. The lowest BCUT2D eigenvalue weighted by atomic mass is 10.1. The van der Waals surface area contributed by atoms with E-state index in [9.17, 15) is 14.0 Å². The molecule has 8 heteroatoms. The quantitative estimate of drug-likeness (QED) is 0.602. The van der Waals surface area contributed by atoms with Gasteiger partial charge in [0.25, 0.3) is 0 Å². The van der Waals surface area contributed by atoms with Gasteiger partial charge >= 0.3 is 6.03 Å². The average Bonchev–Trinajstić information content (AvgIpc) is 3.16. The van der Waals surface area contributed by atoms with Gasteiger partial charge in [-0.2, -0.15) is 5.10 Å². The van der Waals surface area contributed by atoms with Crippen LogP contribution in [0.5, 0.6) is 0 Å². The summed E-state index contributed by atoms with van der Waals surface area (Å²) in [5.41, 5.74) is 2.14. The molecule has 0 aliphatic carbocycles. The van der Waals surface area contributed by atoms with E-state index in [0.717, 1.165) is 5.56 Å². The number of carbonyl (C=O) groups is 2. The number of nitrogens with zero attached hydrogens (tertiary/aromatic N) is 3. The Morgan fingerprint density at radius 3 is 2.39 bits per heavy atom. The van der Waals surface area contributed by atoms with Crippen molar-refractivity contribution in [1.29, 1.82) is 0 Å². The molecule has 0 radical (unpaired) electrons. The van der Waals surface area contributed by atoms with Crippen molar-refractivity contribution in [2.24, 2.45) is 0 Å². The van der Waals surface area contributed by atoms with Crippen LogP contribution in [0.2, 0.25) is 0 Å². The van der Waals surface area contributed by atoms with Crippen LogP contribution in [0.4, 0.5) is 15.0 Å². The first kappa shape index (κ1) is 22.0. The van der Waals surface area contributed by atoms with E-state index in [4.69, 9.17) is 0 Å². The number of hydrogen-bond donors (Lipinski definition) is 2. The van der Waals surface area contributed by atoms with Crippen LogP contribution in [0.25, 0.3) is 16.9 Å². The van der Waals surface area contributed by atoms with Gasteiger partial charge in [-0.15, -0.1) is 0 Å². The van der Waals surface area contributed by atoms with Gasteiger partial charge in [-0.3, -0.25) is 4.79 Å². The highest BCUT2D eigenvalue weighted by Crippen LogP contribution is 2.25. The van der Waals surface area contributed by atoms with Crippen LogP contribution < -0.4 is 10.6 Å². The van der Waals surface area contributed by atoms with E-state index in [1.165, 1.54) is 17.0 Å². The van der Waals surface area contributed by atoms with Crippen LogP contribution in [0.15, 0.2) is 60.7 Å². The normalized spacial score (nSPS) is 10.7. The molecule has 3 rings (SSSR count). The average molecular weight is 423 g/mol. The monoisotopic (exact) mass is 423 g/mol. The third kappa shape index (κ3) is 5.48. The Morgan fingerprint density at radius 1 is 1.10 bits per heavy atom. The second-order valence-corrected chi connectivity index (χ2v) is 7.27. The molecular formula is C23H26FN5O2. The third-order valence-electron chi connectivity index (χ3n) is 4.64. The molecule has 1 heterocycles. The molecule has 0 aliphatic heterocycles. The molecule has 2 aromatic carbocycles. The number of rotatable bonds is 7. The molecule has 0 saturated heterocycles. The molecule has 0 aliphatic rings. The van der Waals surface area contributed by atoms with Gasteiger partial charge in [0.15, 0.2) is 0 Å². The number of halogens is 1. The fraction of sp³-hybridized carbons (Fsp3) is 0.261. The van der Waals surface area contributed by atoms with Gasteiger partial charge < -0.3 is 15.5 Å². The summed E-state index contributed by atoms with van der Waals surface area (Å²) in [5.74, 6) is -0.294. The van der Waals surface area contributed by atoms with E-state index < -0.39 is 0 Å². The molecule has 0 unspecified atom stereocenters. The van der Waals surface area contributed by atoms with Crippen molar-refractivity contribution in [2.75, 3.05) is 18.4 Å². The Bertz CT molecular complexity index is 1030. The lowest BCUT2D eigenvalue weighted by Crippen LogP contribution is -2.47. The molecule has 3 amide bonds. The number of anilines is 1. The van der Waals surface area contributed by atoms with Crippen molar-refractivity contribution in [3.05, 3.63) is 66.5 Å². The molecule has 162 valence electrons. The Kier molecular flexibility index (Phi) is 7.02. The predicted molar refractivity (Wildman–Crippen MR) is 119 cm³/mol. The van der Waals surface area contributed by atoms with Crippen LogP contribution in [0, 0.1) is 5.82 Å². The standard InChI is InChI=1S/C23H26FN5O2/c1-4-25-23(31)28(16(2)3)15-22(30)26-21-14-20(17-8-6-5-7-9-17)27-29(21)19-12-10-18(24)11-13-19/h5-14,16H,4,15H2,1-3H3,(H,25,31)(H,26,30). The third-order valence-corrected chi connectivity index (χ3v) is 4.64. The van der Waals surface area contributed by atoms with E-state index in [2.05, 4.69) is 15.7 Å². The number of urea groups is 1. The number of nitrogens with one attached hydrogen (secondary N) is 2. The van der Waals surface area contributed by atoms with Crippen molar-refractivity contribution in [3.8, 4) is 16.9 Å². The molecule has 7 nitrogen and oxygen atoms in total. The van der Waals surface area contributed by atoms with E-state index >= 15 is 0 Å². The van der Waals surface area contributed by atoms with Gasteiger partial charge in [0.2, 0.25) is 5.91 Å². The van der Waals surface area contributed by atoms with Crippen LogP contribution in [0.3, 0.4) is 0 Å². The minimum atomic E-state index is -0.362. The summed E-state index contributed by atoms with van der Waals surface area (Å²) in [4.78, 5) is 26.5. The highest BCUT2D eigenvalue weighted by atomic mass is 19.1. The van der Waals surface area contributed by atoms with E-state index in [1.54, 1.807) is 22.9 Å². The zero-order chi connectivity index (χ0) is 22.4. The summed E-state index contributed by atoms with van der Waals surface area (Å²) in [6.45, 7) is 5.88. The number of hydrogen-bond acceptors (Lipinski definition) is 3. The Balaban J connectivity index is 1.90. The van der Waals surface area contributed by atoms with Crippen LogP contribution >= 0.6 is 0 Å². The second-order valence-electron chi connectivity index (χ2n) is 7.27. The van der Waals surface area contributed by atoms with Gasteiger partial charge in [-0.1, -0.05) is 30.3 Å². The summed E-state index contributed by atoms with van der Waals surface area (Å²) in [5, 5.41) is 10.2. The van der Waals surface area contributed by atoms with Crippen LogP contribution in [-0.4, -0.2) is 45.8 Å². The van der Waals surface area contributed by atoms with E-state index in [0.29, 0.717) is 23.7 Å². The number of amides is 3. The smallest absolute Gasteiger partial charge is 0.318 e. The lowest BCUT2D eigenvalue weighted by molar-refractivity contribution is -0.117. The molecule has 0 spiro atoms. The SMILES string of the molecule is CCNC(=O)N(CC(=O)Nc1cc(-c2ccccc2)nn1-c1ccc(F)cc1)C(C)C. The number of aromatic nitrogens is 2. The largest absolute Gasteiger partial charge is 0.338 e. The molecule has 0 fully saturated rings. The first-order valence-electron chi connectivity index (χ1n) is 10.1. The molecule has 0 atom stereocenters. The van der Waals surface area contributed by atoms with Crippen molar-refractivity contribution >= 4 is 17.8 Å². The van der Waals surface area contributed by atoms with Gasteiger partial charge in [0.1, 0.15) is 18.2 Å². The number of carbonyl (C=O) groups excluding carboxylic acids is 2. The van der Waals surface area contributed by atoms with Crippen molar-refractivity contribution < 1.29 is 14.0 Å². The molecule has 0 bridgehead atoms. The molecule has 2 N–H and O–H groups in total. The fourth-order valence-corrected chi connectivity index (χ4v) is 3.08. The molecule has 31 heavy (non-hydrogen) atoms. The van der Waals surface area contributed by atoms with E-state index in [-0.39, 0.29) is 30.3 Å². The summed E-state index contributed by atoms with van der Waals surface area (Å²) in [6.07, 6.45) is 0. The highest BCUT2D eigenvalue weighted by Gasteiger charge is 2.21. The fourth-order valence-electron chi connectivity index (χ4n) is 3.08. The van der Waals surface area contributed by atoms with E-state index in [1.807, 2.05) is 51.1 Å². The van der Waals surface area contributed by atoms with Gasteiger partial charge in [-0.05, 0) is 45.0 Å². The summed E-state index contributed by atoms with van der Waals surface area (Å²) in [7, 11) is 0. The number of benzene rings is 2. The highest BCUT2D eigenvalue weighted by molar-refractivity contribution is 5.94. The van der Waals surface area contributed by atoms with Gasteiger partial charge in [0, 0.05) is 24.2 Å². The molecule has 1 aromatic heterocycles. The summed E-state index contributed by atoms with van der Waals surface area (Å²) >= 11 is 0. The second kappa shape index (κ2) is 9.88. The molecular weight excluding hydrogens is 397 g/mol. The van der Waals surface area contributed by atoms with Crippen LogP contribution in [0.1, 0.15) is 20.8 Å². The zero-order valence-electron chi connectivity index (χ0n) is 17.8. The Labute approximate surface area is 180 Å².